The average Bonchev–Trinajstić information content (AvgIpc) is 3.11. The first-order valence-corrected chi connectivity index (χ1v) is 10.3. The molecule has 0 bridgehead atoms. The average molecular weight is 383 g/mol. The maximum absolute atomic E-state index is 13.3. The highest BCUT2D eigenvalue weighted by Gasteiger charge is 2.19. The number of Topliss-reactive ketones (excluding diaryl/α,β-unsaturated/α-hetero) is 1. The van der Waals surface area contributed by atoms with Crippen molar-refractivity contribution in [3.05, 3.63) is 70.9 Å². The molecule has 0 saturated carbocycles. The number of hydrogen-bond donors (Lipinski definition) is 0. The highest BCUT2D eigenvalue weighted by Crippen LogP contribution is 2.26. The number of carbonyl (C=O) groups is 1. The maximum Gasteiger partial charge on any atom is 0.165 e. The number of thiophene rings is 1. The summed E-state index contributed by atoms with van der Waals surface area (Å²) in [5.41, 5.74) is 1.88. The summed E-state index contributed by atoms with van der Waals surface area (Å²) in [6.07, 6.45) is 0.560. The Kier molecular flexibility index (Phi) is 5.62. The third kappa shape index (κ3) is 4.43. The fourth-order valence-electron chi connectivity index (χ4n) is 3.65. The Morgan fingerprint density at radius 1 is 1.00 bits per heavy atom. The molecule has 0 aliphatic carbocycles. The second-order valence-corrected chi connectivity index (χ2v) is 7.98. The van der Waals surface area contributed by atoms with E-state index in [1.54, 1.807) is 23.5 Å². The van der Waals surface area contributed by atoms with Gasteiger partial charge in [0.25, 0.3) is 0 Å². The van der Waals surface area contributed by atoms with E-state index in [-0.39, 0.29) is 11.6 Å². The Balaban J connectivity index is 1.26. The van der Waals surface area contributed by atoms with Gasteiger partial charge in [-0.1, -0.05) is 30.3 Å². The summed E-state index contributed by atoms with van der Waals surface area (Å²) in [5, 5.41) is 3.07. The second-order valence-electron chi connectivity index (χ2n) is 7.07. The van der Waals surface area contributed by atoms with Crippen molar-refractivity contribution < 1.29 is 9.18 Å². The van der Waals surface area contributed by atoms with Crippen LogP contribution in [0.4, 0.5) is 4.39 Å². The molecule has 0 atom stereocenters. The highest BCUT2D eigenvalue weighted by atomic mass is 32.1. The predicted octanol–water partition coefficient (Wildman–Crippen LogP) is 4.43. The quantitative estimate of drug-likeness (QED) is 0.589. The van der Waals surface area contributed by atoms with Gasteiger partial charge in [-0.15, -0.1) is 11.3 Å². The zero-order valence-electron chi connectivity index (χ0n) is 15.2. The van der Waals surface area contributed by atoms with E-state index in [2.05, 4.69) is 15.9 Å². The molecule has 4 rings (SSSR count). The number of benzene rings is 2. The summed E-state index contributed by atoms with van der Waals surface area (Å²) >= 11 is 1.64. The number of piperazine rings is 1. The second kappa shape index (κ2) is 8.30. The molecule has 1 saturated heterocycles. The highest BCUT2D eigenvalue weighted by molar-refractivity contribution is 7.17. The monoisotopic (exact) mass is 382 g/mol. The first kappa shape index (κ1) is 18.3. The SMILES string of the molecule is O=C(CCN1CCN(Cc2cccc(F)c2)CC1)c1csc2ccccc12. The first-order valence-electron chi connectivity index (χ1n) is 9.37. The van der Waals surface area contributed by atoms with E-state index in [1.807, 2.05) is 29.6 Å². The Hall–Kier alpha value is -2.08. The number of carbonyl (C=O) groups excluding carboxylic acids is 1. The van der Waals surface area contributed by atoms with Crippen molar-refractivity contribution in [1.82, 2.24) is 9.80 Å². The number of rotatable bonds is 6. The third-order valence-electron chi connectivity index (χ3n) is 5.20. The minimum atomic E-state index is -0.175. The zero-order valence-corrected chi connectivity index (χ0v) is 16.1. The van der Waals surface area contributed by atoms with E-state index < -0.39 is 0 Å². The molecule has 1 aliphatic rings. The van der Waals surface area contributed by atoms with Gasteiger partial charge >= 0.3 is 0 Å². The molecule has 0 N–H and O–H groups in total. The van der Waals surface area contributed by atoms with Crippen LogP contribution in [-0.2, 0) is 6.54 Å². The summed E-state index contributed by atoms with van der Waals surface area (Å²) in [4.78, 5) is 17.3. The largest absolute Gasteiger partial charge is 0.300 e. The molecular formula is C22H23FN2OS. The van der Waals surface area contributed by atoms with Crippen molar-refractivity contribution in [3.63, 3.8) is 0 Å². The number of fused-ring (bicyclic) bond motifs is 1. The third-order valence-corrected chi connectivity index (χ3v) is 6.16. The standard InChI is InChI=1S/C22H23FN2OS/c23-18-5-3-4-17(14-18)15-25-12-10-24(11-13-25)9-8-21(26)20-16-27-22-7-2-1-6-19(20)22/h1-7,14,16H,8-13,15H2. The Bertz CT molecular complexity index is 931. The summed E-state index contributed by atoms with van der Waals surface area (Å²) in [7, 11) is 0. The van der Waals surface area contributed by atoms with Crippen LogP contribution in [0.25, 0.3) is 10.1 Å². The lowest BCUT2D eigenvalue weighted by molar-refractivity contribution is 0.0924. The Morgan fingerprint density at radius 3 is 2.59 bits per heavy atom. The van der Waals surface area contributed by atoms with E-state index in [9.17, 15) is 9.18 Å². The van der Waals surface area contributed by atoms with Crippen LogP contribution in [0.15, 0.2) is 53.9 Å². The Labute approximate surface area is 163 Å². The molecule has 0 spiro atoms. The molecule has 27 heavy (non-hydrogen) atoms. The molecule has 0 radical (unpaired) electrons. The van der Waals surface area contributed by atoms with Gasteiger partial charge in [0.1, 0.15) is 5.82 Å². The lowest BCUT2D eigenvalue weighted by Crippen LogP contribution is -2.46. The van der Waals surface area contributed by atoms with E-state index in [0.29, 0.717) is 6.42 Å². The van der Waals surface area contributed by atoms with Crippen LogP contribution >= 0.6 is 11.3 Å². The van der Waals surface area contributed by atoms with Gasteiger partial charge in [0.15, 0.2) is 5.78 Å². The minimum Gasteiger partial charge on any atom is -0.300 e. The van der Waals surface area contributed by atoms with Gasteiger partial charge in [0.2, 0.25) is 0 Å². The fraction of sp³-hybridized carbons (Fsp3) is 0.318. The van der Waals surface area contributed by atoms with Gasteiger partial charge < -0.3 is 4.90 Å². The van der Waals surface area contributed by atoms with Crippen molar-refractivity contribution in [1.29, 1.82) is 0 Å². The van der Waals surface area contributed by atoms with Crippen LogP contribution in [0.2, 0.25) is 0 Å². The van der Waals surface area contributed by atoms with Crippen molar-refractivity contribution >= 4 is 27.2 Å². The summed E-state index contributed by atoms with van der Waals surface area (Å²) < 4.78 is 14.5. The summed E-state index contributed by atoms with van der Waals surface area (Å²) in [6, 6.07) is 14.9. The van der Waals surface area contributed by atoms with E-state index in [4.69, 9.17) is 0 Å². The van der Waals surface area contributed by atoms with Crippen LogP contribution in [0.5, 0.6) is 0 Å². The molecule has 140 valence electrons. The molecule has 1 fully saturated rings. The topological polar surface area (TPSA) is 23.6 Å². The van der Waals surface area contributed by atoms with Gasteiger partial charge in [-0.25, -0.2) is 4.39 Å². The fourth-order valence-corrected chi connectivity index (χ4v) is 4.62. The molecule has 2 aromatic carbocycles. The molecule has 2 heterocycles. The van der Waals surface area contributed by atoms with E-state index >= 15 is 0 Å². The summed E-state index contributed by atoms with van der Waals surface area (Å²) in [6.45, 7) is 5.39. The van der Waals surface area contributed by atoms with Crippen LogP contribution in [0.3, 0.4) is 0 Å². The van der Waals surface area contributed by atoms with Gasteiger partial charge in [0.05, 0.1) is 0 Å². The van der Waals surface area contributed by atoms with Crippen molar-refractivity contribution in [2.45, 2.75) is 13.0 Å². The van der Waals surface area contributed by atoms with Gasteiger partial charge in [-0.05, 0) is 23.8 Å². The van der Waals surface area contributed by atoms with Crippen molar-refractivity contribution in [3.8, 4) is 0 Å². The summed E-state index contributed by atoms with van der Waals surface area (Å²) in [5.74, 6) is 0.0558. The maximum atomic E-state index is 13.3. The van der Waals surface area contributed by atoms with Gasteiger partial charge in [0, 0.05) is 66.7 Å². The van der Waals surface area contributed by atoms with Crippen molar-refractivity contribution in [2.24, 2.45) is 0 Å². The normalized spacial score (nSPS) is 16.0. The van der Waals surface area contributed by atoms with Crippen LogP contribution < -0.4 is 0 Å². The zero-order chi connectivity index (χ0) is 18.6. The van der Waals surface area contributed by atoms with Crippen LogP contribution in [0.1, 0.15) is 22.3 Å². The predicted molar refractivity (Wildman–Crippen MR) is 109 cm³/mol. The molecule has 1 aromatic heterocycles. The molecule has 5 heteroatoms. The Morgan fingerprint density at radius 2 is 1.78 bits per heavy atom. The van der Waals surface area contributed by atoms with Crippen LogP contribution in [-0.4, -0.2) is 48.3 Å². The number of hydrogen-bond acceptors (Lipinski definition) is 4. The van der Waals surface area contributed by atoms with E-state index in [0.717, 1.165) is 55.8 Å². The lowest BCUT2D eigenvalue weighted by Gasteiger charge is -2.34. The van der Waals surface area contributed by atoms with E-state index in [1.165, 1.54) is 10.8 Å². The molecule has 0 amide bonds. The van der Waals surface area contributed by atoms with Crippen molar-refractivity contribution in [2.75, 3.05) is 32.7 Å². The lowest BCUT2D eigenvalue weighted by atomic mass is 10.1. The minimum absolute atomic E-state index is 0.175. The molecule has 3 aromatic rings. The first-order chi connectivity index (χ1) is 13.2. The van der Waals surface area contributed by atoms with Gasteiger partial charge in [-0.2, -0.15) is 0 Å². The molecule has 3 nitrogen and oxygen atoms in total. The number of halogens is 1. The number of ketones is 1. The molecule has 0 unspecified atom stereocenters. The van der Waals surface area contributed by atoms with Crippen LogP contribution in [0, 0.1) is 5.82 Å². The smallest absolute Gasteiger partial charge is 0.165 e. The molecule has 1 aliphatic heterocycles. The van der Waals surface area contributed by atoms with Gasteiger partial charge in [-0.3, -0.25) is 9.69 Å². The number of nitrogens with zero attached hydrogens (tertiary/aromatic N) is 2. The molecular weight excluding hydrogens is 359 g/mol.